The van der Waals surface area contributed by atoms with Crippen LogP contribution >= 0.6 is 0 Å². The smallest absolute Gasteiger partial charge is 0.192 e. The molecule has 1 unspecified atom stereocenters. The van der Waals surface area contributed by atoms with Gasteiger partial charge in [0.1, 0.15) is 11.5 Å². The van der Waals surface area contributed by atoms with Crippen molar-refractivity contribution >= 4 is 14.1 Å². The third-order valence-corrected chi connectivity index (χ3v) is 15.2. The fraction of sp³-hybridized carbons (Fsp3) is 0.710. The summed E-state index contributed by atoms with van der Waals surface area (Å²) in [5.41, 5.74) is 0.541. The highest BCUT2D eigenvalue weighted by atomic mass is 28.4. The Morgan fingerprint density at radius 3 is 2.33 bits per heavy atom. The summed E-state index contributed by atoms with van der Waals surface area (Å²) in [4.78, 5) is 14.2. The molecule has 1 aromatic carbocycles. The van der Waals surface area contributed by atoms with Gasteiger partial charge in [0.25, 0.3) is 0 Å². The van der Waals surface area contributed by atoms with Crippen LogP contribution in [0.4, 0.5) is 0 Å². The van der Waals surface area contributed by atoms with Crippen LogP contribution in [0.2, 0.25) is 18.1 Å². The van der Waals surface area contributed by atoms with Crippen LogP contribution in [0.25, 0.3) is 0 Å². The maximum atomic E-state index is 14.2. The molecule has 3 aliphatic carbocycles. The highest BCUT2D eigenvalue weighted by Crippen LogP contribution is 2.73. The zero-order chi connectivity index (χ0) is 26.7. The van der Waals surface area contributed by atoms with Crippen molar-refractivity contribution in [1.29, 1.82) is 0 Å². The summed E-state index contributed by atoms with van der Waals surface area (Å²) in [6.45, 7) is 23.3. The molecule has 0 amide bonds. The van der Waals surface area contributed by atoms with E-state index in [1.165, 1.54) is 0 Å². The van der Waals surface area contributed by atoms with E-state index in [4.69, 9.17) is 13.9 Å². The van der Waals surface area contributed by atoms with Crippen LogP contribution in [-0.2, 0) is 20.6 Å². The molecule has 0 saturated heterocycles. The number of rotatable bonds is 7. The lowest BCUT2D eigenvalue weighted by Gasteiger charge is -2.44. The van der Waals surface area contributed by atoms with E-state index >= 15 is 0 Å². The summed E-state index contributed by atoms with van der Waals surface area (Å²) in [7, 11) is -0.321. The number of carbonyl (C=O) groups is 1. The van der Waals surface area contributed by atoms with Gasteiger partial charge in [-0.15, -0.1) is 6.58 Å². The van der Waals surface area contributed by atoms with Gasteiger partial charge in [0.05, 0.1) is 25.4 Å². The van der Waals surface area contributed by atoms with Crippen molar-refractivity contribution in [2.24, 2.45) is 28.6 Å². The SMILES string of the molecule is C=C[C@@H]1CC(OCc2ccc(OC)cc2)C[C@]12C(=O)C[C@@H]1C(C)(C)[C@]1(O[Si](C)(C)C(C)(C)C)C[C@H]2C. The Morgan fingerprint density at radius 1 is 1.14 bits per heavy atom. The Balaban J connectivity index is 1.56. The highest BCUT2D eigenvalue weighted by molar-refractivity contribution is 6.74. The van der Waals surface area contributed by atoms with Gasteiger partial charge >= 0.3 is 0 Å². The van der Waals surface area contributed by atoms with E-state index in [1.807, 2.05) is 30.3 Å². The van der Waals surface area contributed by atoms with Gasteiger partial charge in [-0.3, -0.25) is 4.79 Å². The fourth-order valence-corrected chi connectivity index (χ4v) is 8.96. The molecule has 4 nitrogen and oxygen atoms in total. The predicted molar refractivity (Wildman–Crippen MR) is 149 cm³/mol. The molecule has 4 rings (SSSR count). The minimum absolute atomic E-state index is 0.0284. The molecule has 200 valence electrons. The Morgan fingerprint density at radius 2 is 1.78 bits per heavy atom. The molecule has 3 fully saturated rings. The second-order valence-electron chi connectivity index (χ2n) is 13.9. The lowest BCUT2D eigenvalue weighted by atomic mass is 9.64. The Hall–Kier alpha value is -1.43. The molecule has 0 bridgehead atoms. The molecule has 1 spiro atoms. The van der Waals surface area contributed by atoms with Gasteiger partial charge in [-0.2, -0.15) is 0 Å². The first-order chi connectivity index (χ1) is 16.6. The van der Waals surface area contributed by atoms with E-state index in [9.17, 15) is 4.79 Å². The van der Waals surface area contributed by atoms with E-state index in [2.05, 4.69) is 61.2 Å². The molecule has 6 atom stereocenters. The number of benzene rings is 1. The quantitative estimate of drug-likeness (QED) is 0.279. The number of allylic oxidation sites excluding steroid dienone is 1. The van der Waals surface area contributed by atoms with E-state index in [-0.39, 0.29) is 39.9 Å². The lowest BCUT2D eigenvalue weighted by molar-refractivity contribution is -0.134. The summed E-state index contributed by atoms with van der Waals surface area (Å²) >= 11 is 0. The topological polar surface area (TPSA) is 44.8 Å². The standard InChI is InChI=1S/C31H48O4Si/c1-11-23-16-25(34-20-22-12-14-24(33-8)15-13-22)19-30(23)21(2)18-31(35-36(9,10)28(3,4)5)26(17-27(30)32)29(31,6)7/h11-15,21,23,25-26H,1,16-20H2,2-10H3/t21-,23-,25?,26-,30-,31+/m1/s1. The molecular formula is C31H48O4Si. The average Bonchev–Trinajstić information content (AvgIpc) is 3.08. The van der Waals surface area contributed by atoms with Gasteiger partial charge in [-0.1, -0.05) is 59.8 Å². The Kier molecular flexibility index (Phi) is 6.97. The van der Waals surface area contributed by atoms with Crippen LogP contribution in [0.15, 0.2) is 36.9 Å². The van der Waals surface area contributed by atoms with Crippen molar-refractivity contribution in [2.75, 3.05) is 7.11 Å². The zero-order valence-corrected chi connectivity index (χ0v) is 25.1. The summed E-state index contributed by atoms with van der Waals surface area (Å²) < 4.78 is 19.0. The van der Waals surface area contributed by atoms with Gasteiger partial charge < -0.3 is 13.9 Å². The van der Waals surface area contributed by atoms with Gasteiger partial charge in [-0.25, -0.2) is 0 Å². The Labute approximate surface area is 220 Å². The molecule has 36 heavy (non-hydrogen) atoms. The van der Waals surface area contributed by atoms with Crippen LogP contribution in [0.5, 0.6) is 5.75 Å². The third kappa shape index (κ3) is 4.23. The maximum Gasteiger partial charge on any atom is 0.192 e. The van der Waals surface area contributed by atoms with E-state index < -0.39 is 13.7 Å². The first kappa shape index (κ1) is 27.6. The van der Waals surface area contributed by atoms with Crippen molar-refractivity contribution in [2.45, 2.75) is 104 Å². The molecule has 5 heteroatoms. The van der Waals surface area contributed by atoms with Crippen LogP contribution in [0, 0.1) is 28.6 Å². The van der Waals surface area contributed by atoms with Gasteiger partial charge in [0.2, 0.25) is 0 Å². The van der Waals surface area contributed by atoms with Crippen molar-refractivity contribution in [3.63, 3.8) is 0 Å². The van der Waals surface area contributed by atoms with Gasteiger partial charge in [-0.05, 0) is 72.3 Å². The van der Waals surface area contributed by atoms with Gasteiger partial charge in [0, 0.05) is 17.8 Å². The van der Waals surface area contributed by atoms with E-state index in [0.717, 1.165) is 30.6 Å². The minimum Gasteiger partial charge on any atom is -0.497 e. The molecule has 0 N–H and O–H groups in total. The van der Waals surface area contributed by atoms with Crippen molar-refractivity contribution in [1.82, 2.24) is 0 Å². The highest BCUT2D eigenvalue weighted by Gasteiger charge is 2.77. The largest absolute Gasteiger partial charge is 0.497 e. The predicted octanol–water partition coefficient (Wildman–Crippen LogP) is 7.58. The molecular weight excluding hydrogens is 464 g/mol. The zero-order valence-electron chi connectivity index (χ0n) is 24.1. The fourth-order valence-electron chi connectivity index (χ4n) is 7.25. The summed E-state index contributed by atoms with van der Waals surface area (Å²) in [6, 6.07) is 8.03. The summed E-state index contributed by atoms with van der Waals surface area (Å²) in [5.74, 6) is 1.91. The number of Topliss-reactive ketones (excluding diaryl/α,β-unsaturated/α-hetero) is 1. The van der Waals surface area contributed by atoms with Crippen LogP contribution in [-0.4, -0.2) is 32.9 Å². The molecule has 0 aromatic heterocycles. The number of ether oxygens (including phenoxy) is 2. The number of ketones is 1. The number of carbonyl (C=O) groups excluding carboxylic acids is 1. The van der Waals surface area contributed by atoms with E-state index in [1.54, 1.807) is 7.11 Å². The number of fused-ring (bicyclic) bond motifs is 1. The molecule has 3 saturated carbocycles. The number of hydrogen-bond donors (Lipinski definition) is 0. The monoisotopic (exact) mass is 512 g/mol. The summed E-state index contributed by atoms with van der Waals surface area (Å²) in [5, 5.41) is 0.139. The lowest BCUT2D eigenvalue weighted by Crippen LogP contribution is -2.48. The Bertz CT molecular complexity index is 991. The minimum atomic E-state index is -2.00. The van der Waals surface area contributed by atoms with E-state index in [0.29, 0.717) is 18.8 Å². The first-order valence-electron chi connectivity index (χ1n) is 13.7. The number of methoxy groups -OCH3 is 1. The first-order valence-corrected chi connectivity index (χ1v) is 16.7. The summed E-state index contributed by atoms with van der Waals surface area (Å²) in [6.07, 6.45) is 5.29. The second kappa shape index (κ2) is 9.09. The average molecular weight is 513 g/mol. The molecule has 0 radical (unpaired) electrons. The van der Waals surface area contributed by atoms with Gasteiger partial charge in [0.15, 0.2) is 8.32 Å². The van der Waals surface area contributed by atoms with Crippen molar-refractivity contribution in [3.05, 3.63) is 42.5 Å². The normalized spacial score (nSPS) is 35.9. The molecule has 3 aliphatic rings. The maximum absolute atomic E-state index is 14.2. The van der Waals surface area contributed by atoms with Crippen LogP contribution in [0.1, 0.15) is 72.8 Å². The molecule has 0 aliphatic heterocycles. The molecule has 0 heterocycles. The van der Waals surface area contributed by atoms with Crippen LogP contribution < -0.4 is 4.74 Å². The van der Waals surface area contributed by atoms with Crippen molar-refractivity contribution < 1.29 is 18.7 Å². The molecule has 1 aromatic rings. The van der Waals surface area contributed by atoms with Crippen molar-refractivity contribution in [3.8, 4) is 5.75 Å². The number of hydrogen-bond acceptors (Lipinski definition) is 4. The third-order valence-electron chi connectivity index (χ3n) is 10.8. The second-order valence-corrected chi connectivity index (χ2v) is 18.6. The van der Waals surface area contributed by atoms with Crippen LogP contribution in [0.3, 0.4) is 0 Å².